The molecular formula is C26H21N7O2S. The molecule has 0 saturated carbocycles. The van der Waals surface area contributed by atoms with Crippen molar-refractivity contribution < 1.29 is 8.42 Å². The van der Waals surface area contributed by atoms with Crippen LogP contribution in [-0.2, 0) is 10.0 Å². The lowest BCUT2D eigenvalue weighted by atomic mass is 9.95. The van der Waals surface area contributed by atoms with Gasteiger partial charge in [-0.25, -0.2) is 13.4 Å². The summed E-state index contributed by atoms with van der Waals surface area (Å²) in [5.74, 6) is 0.588. The van der Waals surface area contributed by atoms with Gasteiger partial charge in [-0.2, -0.15) is 5.10 Å². The van der Waals surface area contributed by atoms with Crippen molar-refractivity contribution in [2.24, 2.45) is 0 Å². The van der Waals surface area contributed by atoms with Crippen molar-refractivity contribution >= 4 is 37.6 Å². The zero-order chi connectivity index (χ0) is 24.9. The summed E-state index contributed by atoms with van der Waals surface area (Å²) in [6, 6.07) is 15.3. The van der Waals surface area contributed by atoms with Crippen LogP contribution in [0.15, 0.2) is 73.3 Å². The van der Waals surface area contributed by atoms with Gasteiger partial charge in [-0.05, 0) is 66.1 Å². The molecular weight excluding hydrogens is 474 g/mol. The average molecular weight is 496 g/mol. The second kappa shape index (κ2) is 8.28. The Bertz CT molecular complexity index is 1860. The van der Waals surface area contributed by atoms with E-state index in [9.17, 15) is 8.42 Å². The quantitative estimate of drug-likeness (QED) is 0.312. The Labute approximate surface area is 206 Å². The van der Waals surface area contributed by atoms with E-state index in [1.54, 1.807) is 30.6 Å². The van der Waals surface area contributed by atoms with Crippen LogP contribution in [0.25, 0.3) is 55.7 Å². The number of nitrogens with zero attached hydrogens (tertiary/aromatic N) is 4. The number of anilines is 1. The molecule has 6 aromatic rings. The molecule has 178 valence electrons. The third kappa shape index (κ3) is 3.97. The minimum absolute atomic E-state index is 0.453. The molecule has 3 N–H and O–H groups in total. The predicted molar refractivity (Wildman–Crippen MR) is 141 cm³/mol. The fourth-order valence-corrected chi connectivity index (χ4v) is 4.95. The van der Waals surface area contributed by atoms with Crippen molar-refractivity contribution in [3.05, 3.63) is 78.9 Å². The first-order valence-corrected chi connectivity index (χ1v) is 13.1. The summed E-state index contributed by atoms with van der Waals surface area (Å²) in [5, 5.41) is 8.50. The molecule has 0 aliphatic heterocycles. The van der Waals surface area contributed by atoms with E-state index in [0.717, 1.165) is 50.5 Å². The van der Waals surface area contributed by atoms with E-state index in [1.807, 2.05) is 36.7 Å². The Balaban J connectivity index is 1.43. The Morgan fingerprint density at radius 1 is 0.861 bits per heavy atom. The predicted octanol–water partition coefficient (Wildman–Crippen LogP) is 4.91. The van der Waals surface area contributed by atoms with Gasteiger partial charge in [-0.1, -0.05) is 6.07 Å². The molecule has 0 bridgehead atoms. The Hall–Kier alpha value is -4.57. The molecule has 36 heavy (non-hydrogen) atoms. The van der Waals surface area contributed by atoms with Gasteiger partial charge >= 0.3 is 0 Å². The first kappa shape index (κ1) is 21.9. The Morgan fingerprint density at radius 2 is 1.61 bits per heavy atom. The number of sulfonamides is 1. The van der Waals surface area contributed by atoms with E-state index in [-0.39, 0.29) is 0 Å². The maximum atomic E-state index is 11.6. The summed E-state index contributed by atoms with van der Waals surface area (Å²) in [4.78, 5) is 16.6. The molecule has 4 aromatic heterocycles. The van der Waals surface area contributed by atoms with Crippen LogP contribution in [-0.4, -0.2) is 44.8 Å². The summed E-state index contributed by atoms with van der Waals surface area (Å²) in [7, 11) is -3.38. The monoisotopic (exact) mass is 495 g/mol. The molecule has 0 aliphatic rings. The Morgan fingerprint density at radius 3 is 2.39 bits per heavy atom. The highest BCUT2D eigenvalue weighted by atomic mass is 32.2. The summed E-state index contributed by atoms with van der Waals surface area (Å²) < 4.78 is 25.7. The lowest BCUT2D eigenvalue weighted by molar-refractivity contribution is 0.607. The van der Waals surface area contributed by atoms with Crippen molar-refractivity contribution in [3.63, 3.8) is 0 Å². The number of H-pyrrole nitrogens is 2. The number of hydrogen-bond donors (Lipinski definition) is 3. The minimum Gasteiger partial charge on any atom is -0.337 e. The highest BCUT2D eigenvalue weighted by molar-refractivity contribution is 7.92. The summed E-state index contributed by atoms with van der Waals surface area (Å²) >= 11 is 0. The molecule has 6 rings (SSSR count). The molecule has 0 unspecified atom stereocenters. The molecule has 10 heteroatoms. The summed E-state index contributed by atoms with van der Waals surface area (Å²) in [6.07, 6.45) is 8.41. The molecule has 0 fully saturated rings. The number of imidazole rings is 1. The lowest BCUT2D eigenvalue weighted by Crippen LogP contribution is -2.09. The van der Waals surface area contributed by atoms with E-state index in [4.69, 9.17) is 0 Å². The number of hydrogen-bond acceptors (Lipinski definition) is 6. The van der Waals surface area contributed by atoms with Crippen LogP contribution in [0.3, 0.4) is 0 Å². The molecule has 9 nitrogen and oxygen atoms in total. The maximum absolute atomic E-state index is 11.6. The zero-order valence-electron chi connectivity index (χ0n) is 19.4. The topological polar surface area (TPSA) is 129 Å². The normalized spacial score (nSPS) is 11.8. The van der Waals surface area contributed by atoms with Crippen LogP contribution >= 0.6 is 0 Å². The number of pyridine rings is 2. The summed E-state index contributed by atoms with van der Waals surface area (Å²) in [6.45, 7) is 2.09. The largest absolute Gasteiger partial charge is 0.337 e. The molecule has 0 spiro atoms. The second-order valence-electron chi connectivity index (χ2n) is 8.62. The van der Waals surface area contributed by atoms with E-state index in [0.29, 0.717) is 22.7 Å². The van der Waals surface area contributed by atoms with E-state index in [2.05, 4.69) is 47.8 Å². The van der Waals surface area contributed by atoms with Gasteiger partial charge < -0.3 is 4.98 Å². The van der Waals surface area contributed by atoms with E-state index < -0.39 is 10.0 Å². The van der Waals surface area contributed by atoms with Gasteiger partial charge in [0.15, 0.2) is 5.82 Å². The van der Waals surface area contributed by atoms with Crippen molar-refractivity contribution in [3.8, 4) is 33.8 Å². The number of fused-ring (bicyclic) bond motifs is 2. The van der Waals surface area contributed by atoms with Crippen LogP contribution in [0, 0.1) is 6.92 Å². The highest BCUT2D eigenvalue weighted by Crippen LogP contribution is 2.34. The van der Waals surface area contributed by atoms with Crippen LogP contribution in [0.4, 0.5) is 5.69 Å². The van der Waals surface area contributed by atoms with E-state index >= 15 is 0 Å². The molecule has 0 amide bonds. The standard InChI is InChI=1S/C26H21N7O2S/c1-15-20(16-7-9-27-10-8-16)13-28-14-21(15)17-3-5-22-19(11-17)25(32-31-22)26-29-23-6-4-18(12-24(23)30-26)33-36(2,34)35/h3-14,33H,1-2H3,(H,29,30)(H,31,32). The highest BCUT2D eigenvalue weighted by Gasteiger charge is 2.16. The summed E-state index contributed by atoms with van der Waals surface area (Å²) in [5.41, 5.74) is 8.71. The number of rotatable bonds is 5. The smallest absolute Gasteiger partial charge is 0.229 e. The molecule has 0 radical (unpaired) electrons. The van der Waals surface area contributed by atoms with Gasteiger partial charge in [0.1, 0.15) is 5.69 Å². The lowest BCUT2D eigenvalue weighted by Gasteiger charge is -2.11. The van der Waals surface area contributed by atoms with Crippen LogP contribution in [0.1, 0.15) is 5.56 Å². The van der Waals surface area contributed by atoms with Crippen molar-refractivity contribution in [1.29, 1.82) is 0 Å². The van der Waals surface area contributed by atoms with Gasteiger partial charge in [0.05, 0.1) is 28.5 Å². The number of aromatic amines is 2. The molecule has 0 aliphatic carbocycles. The SMILES string of the molecule is Cc1c(-c2ccncc2)cncc1-c1ccc2[nH]nc(-c3nc4cc(NS(C)(=O)=O)ccc4[nH]3)c2c1. The van der Waals surface area contributed by atoms with Crippen LogP contribution in [0.2, 0.25) is 0 Å². The third-order valence-electron chi connectivity index (χ3n) is 6.09. The number of aromatic nitrogens is 6. The fourth-order valence-electron chi connectivity index (χ4n) is 4.40. The molecule has 2 aromatic carbocycles. The van der Waals surface area contributed by atoms with Gasteiger partial charge in [0.2, 0.25) is 10.0 Å². The number of benzene rings is 2. The Kier molecular flexibility index (Phi) is 5.04. The maximum Gasteiger partial charge on any atom is 0.229 e. The first-order chi connectivity index (χ1) is 17.4. The first-order valence-electron chi connectivity index (χ1n) is 11.2. The second-order valence-corrected chi connectivity index (χ2v) is 10.4. The molecule has 4 heterocycles. The van der Waals surface area contributed by atoms with Crippen LogP contribution in [0.5, 0.6) is 0 Å². The van der Waals surface area contributed by atoms with Crippen molar-refractivity contribution in [2.45, 2.75) is 6.92 Å². The molecule has 0 saturated heterocycles. The van der Waals surface area contributed by atoms with Crippen molar-refractivity contribution in [1.82, 2.24) is 30.1 Å². The van der Waals surface area contributed by atoms with Crippen LogP contribution < -0.4 is 4.72 Å². The third-order valence-corrected chi connectivity index (χ3v) is 6.70. The van der Waals surface area contributed by atoms with Crippen molar-refractivity contribution in [2.75, 3.05) is 11.0 Å². The zero-order valence-corrected chi connectivity index (χ0v) is 20.3. The number of nitrogens with one attached hydrogen (secondary N) is 3. The van der Waals surface area contributed by atoms with Gasteiger partial charge in [-0.15, -0.1) is 0 Å². The minimum atomic E-state index is -3.38. The van der Waals surface area contributed by atoms with Gasteiger partial charge in [0, 0.05) is 41.3 Å². The van der Waals surface area contributed by atoms with E-state index in [1.165, 1.54) is 0 Å². The average Bonchev–Trinajstić information content (AvgIpc) is 3.47. The van der Waals surface area contributed by atoms with Gasteiger partial charge in [0.25, 0.3) is 0 Å². The molecule has 0 atom stereocenters. The fraction of sp³-hybridized carbons (Fsp3) is 0.0769. The van der Waals surface area contributed by atoms with Gasteiger partial charge in [-0.3, -0.25) is 19.8 Å².